The minimum absolute atomic E-state index is 0.0972. The number of amides is 1. The second-order valence-corrected chi connectivity index (χ2v) is 7.63. The number of carbonyl (C=O) groups excluding carboxylic acids is 1. The first-order valence-electron chi connectivity index (χ1n) is 8.29. The first-order valence-corrected chi connectivity index (χ1v) is 10.0. The third-order valence-electron chi connectivity index (χ3n) is 3.96. The molecule has 3 aromatic carbocycles. The van der Waals surface area contributed by atoms with Gasteiger partial charge in [-0.2, -0.15) is 0 Å². The molecule has 1 heterocycles. The summed E-state index contributed by atoms with van der Waals surface area (Å²) >= 11 is 13.1. The average Bonchev–Trinajstić information content (AvgIpc) is 3.18. The number of benzene rings is 3. The van der Waals surface area contributed by atoms with E-state index in [4.69, 9.17) is 27.6 Å². The zero-order chi connectivity index (χ0) is 19.5. The molecule has 140 valence electrons. The van der Waals surface area contributed by atoms with E-state index in [0.717, 1.165) is 28.1 Å². The third-order valence-corrected chi connectivity index (χ3v) is 5.34. The van der Waals surface area contributed by atoms with Crippen molar-refractivity contribution in [2.45, 2.75) is 5.22 Å². The predicted octanol–water partition coefficient (Wildman–Crippen LogP) is 5.93. The number of aromatic nitrogens is 2. The van der Waals surface area contributed by atoms with Crippen molar-refractivity contribution in [3.05, 3.63) is 70.7 Å². The topological polar surface area (TPSA) is 68.0 Å². The highest BCUT2D eigenvalue weighted by molar-refractivity contribution is 7.99. The van der Waals surface area contributed by atoms with Gasteiger partial charge in [-0.1, -0.05) is 71.4 Å². The number of hydrogen-bond acceptors (Lipinski definition) is 5. The van der Waals surface area contributed by atoms with Gasteiger partial charge >= 0.3 is 0 Å². The van der Waals surface area contributed by atoms with Crippen molar-refractivity contribution in [3.8, 4) is 11.5 Å². The molecule has 0 saturated heterocycles. The number of rotatable bonds is 5. The van der Waals surface area contributed by atoms with Gasteiger partial charge in [-0.05, 0) is 35.0 Å². The van der Waals surface area contributed by atoms with Gasteiger partial charge in [0.25, 0.3) is 5.22 Å². The molecule has 0 bridgehead atoms. The molecule has 0 atom stereocenters. The number of nitrogens with zero attached hydrogens (tertiary/aromatic N) is 2. The molecule has 0 radical (unpaired) electrons. The summed E-state index contributed by atoms with van der Waals surface area (Å²) in [6.07, 6.45) is 0. The first kappa shape index (κ1) is 18.8. The molecule has 0 aliphatic heterocycles. The summed E-state index contributed by atoms with van der Waals surface area (Å²) in [6.45, 7) is 0. The molecule has 4 rings (SSSR count). The molecule has 0 fully saturated rings. The van der Waals surface area contributed by atoms with Crippen molar-refractivity contribution in [1.82, 2.24) is 10.2 Å². The van der Waals surface area contributed by atoms with Crippen molar-refractivity contribution in [1.29, 1.82) is 0 Å². The molecule has 1 aromatic heterocycles. The molecular weight excluding hydrogens is 417 g/mol. The van der Waals surface area contributed by atoms with Crippen LogP contribution in [-0.2, 0) is 4.79 Å². The summed E-state index contributed by atoms with van der Waals surface area (Å²) in [5.74, 6) is 0.261. The molecular formula is C20H13Cl2N3O2S. The number of hydrogen-bond donors (Lipinski definition) is 1. The molecule has 0 saturated carbocycles. The highest BCUT2D eigenvalue weighted by Crippen LogP contribution is 2.30. The number of halogens is 2. The Balaban J connectivity index is 1.45. The number of nitrogens with one attached hydrogen (secondary N) is 1. The molecule has 1 amide bonds. The van der Waals surface area contributed by atoms with E-state index in [-0.39, 0.29) is 11.7 Å². The van der Waals surface area contributed by atoms with E-state index in [2.05, 4.69) is 15.5 Å². The Kier molecular flexibility index (Phi) is 5.52. The number of anilines is 1. The highest BCUT2D eigenvalue weighted by atomic mass is 35.5. The zero-order valence-corrected chi connectivity index (χ0v) is 16.7. The van der Waals surface area contributed by atoms with Crippen LogP contribution in [0.4, 0.5) is 5.69 Å². The molecule has 0 unspecified atom stereocenters. The van der Waals surface area contributed by atoms with Gasteiger partial charge in [0.2, 0.25) is 11.8 Å². The summed E-state index contributed by atoms with van der Waals surface area (Å²) in [7, 11) is 0. The highest BCUT2D eigenvalue weighted by Gasteiger charge is 2.14. The number of carbonyl (C=O) groups is 1. The molecule has 0 aliphatic carbocycles. The Morgan fingerprint density at radius 3 is 2.75 bits per heavy atom. The van der Waals surface area contributed by atoms with Crippen molar-refractivity contribution in [2.75, 3.05) is 11.1 Å². The summed E-state index contributed by atoms with van der Waals surface area (Å²) in [5.41, 5.74) is 1.31. The zero-order valence-electron chi connectivity index (χ0n) is 14.4. The van der Waals surface area contributed by atoms with Gasteiger partial charge in [-0.25, -0.2) is 0 Å². The predicted molar refractivity (Wildman–Crippen MR) is 113 cm³/mol. The molecule has 1 N–H and O–H groups in total. The van der Waals surface area contributed by atoms with Crippen LogP contribution in [0.1, 0.15) is 0 Å². The lowest BCUT2D eigenvalue weighted by Crippen LogP contribution is -2.14. The van der Waals surface area contributed by atoms with Crippen molar-refractivity contribution in [3.63, 3.8) is 0 Å². The van der Waals surface area contributed by atoms with E-state index in [0.29, 0.717) is 26.8 Å². The SMILES string of the molecule is O=C(CSc1nnc(-c2cccc3ccccc23)o1)Nc1cc(Cl)ccc1Cl. The molecule has 0 spiro atoms. The van der Waals surface area contributed by atoms with Crippen LogP contribution in [0.3, 0.4) is 0 Å². The molecule has 5 nitrogen and oxygen atoms in total. The number of fused-ring (bicyclic) bond motifs is 1. The van der Waals surface area contributed by atoms with Crippen LogP contribution in [0.2, 0.25) is 10.0 Å². The van der Waals surface area contributed by atoms with Crippen LogP contribution in [0, 0.1) is 0 Å². The van der Waals surface area contributed by atoms with Gasteiger partial charge in [0.1, 0.15) is 0 Å². The maximum atomic E-state index is 12.2. The standard InChI is InChI=1S/C20H13Cl2N3O2S/c21-13-8-9-16(22)17(10-13)23-18(26)11-28-20-25-24-19(27-20)15-7-3-5-12-4-1-2-6-14(12)15/h1-10H,11H2,(H,23,26). The Labute approximate surface area is 175 Å². The van der Waals surface area contributed by atoms with E-state index in [9.17, 15) is 4.79 Å². The fourth-order valence-electron chi connectivity index (χ4n) is 2.70. The van der Waals surface area contributed by atoms with Crippen molar-refractivity contribution in [2.24, 2.45) is 0 Å². The van der Waals surface area contributed by atoms with Gasteiger partial charge in [-0.15, -0.1) is 10.2 Å². The summed E-state index contributed by atoms with van der Waals surface area (Å²) < 4.78 is 5.73. The van der Waals surface area contributed by atoms with Gasteiger partial charge in [-0.3, -0.25) is 4.79 Å². The number of thioether (sulfide) groups is 1. The Bertz CT molecular complexity index is 1160. The van der Waals surface area contributed by atoms with E-state index < -0.39 is 0 Å². The second-order valence-electron chi connectivity index (χ2n) is 5.86. The quantitative estimate of drug-likeness (QED) is 0.398. The molecule has 28 heavy (non-hydrogen) atoms. The lowest BCUT2D eigenvalue weighted by Gasteiger charge is -2.06. The first-order chi connectivity index (χ1) is 13.6. The van der Waals surface area contributed by atoms with Crippen LogP contribution in [0.15, 0.2) is 70.3 Å². The Morgan fingerprint density at radius 1 is 1.04 bits per heavy atom. The third kappa shape index (κ3) is 4.14. The van der Waals surface area contributed by atoms with Gasteiger partial charge in [0.15, 0.2) is 0 Å². The van der Waals surface area contributed by atoms with Crippen LogP contribution >= 0.6 is 35.0 Å². The smallest absolute Gasteiger partial charge is 0.277 e. The van der Waals surface area contributed by atoms with E-state index in [1.807, 2.05) is 42.5 Å². The monoisotopic (exact) mass is 429 g/mol. The van der Waals surface area contributed by atoms with Gasteiger partial charge < -0.3 is 9.73 Å². The lowest BCUT2D eigenvalue weighted by molar-refractivity contribution is -0.113. The van der Waals surface area contributed by atoms with Crippen molar-refractivity contribution >= 4 is 57.3 Å². The molecule has 4 aromatic rings. The Hall–Kier alpha value is -2.54. The van der Waals surface area contributed by atoms with Crippen molar-refractivity contribution < 1.29 is 9.21 Å². The van der Waals surface area contributed by atoms with Gasteiger partial charge in [0, 0.05) is 10.6 Å². The molecule has 0 aliphatic rings. The molecule has 8 heteroatoms. The van der Waals surface area contributed by atoms with E-state index in [1.165, 1.54) is 0 Å². The van der Waals surface area contributed by atoms with Crippen LogP contribution < -0.4 is 5.32 Å². The summed E-state index contributed by atoms with van der Waals surface area (Å²) in [6, 6.07) is 18.7. The van der Waals surface area contributed by atoms with Crippen LogP contribution in [-0.4, -0.2) is 21.9 Å². The van der Waals surface area contributed by atoms with E-state index >= 15 is 0 Å². The lowest BCUT2D eigenvalue weighted by atomic mass is 10.0. The average molecular weight is 430 g/mol. The fraction of sp³-hybridized carbons (Fsp3) is 0.0500. The Morgan fingerprint density at radius 2 is 1.86 bits per heavy atom. The normalized spacial score (nSPS) is 10.9. The summed E-state index contributed by atoms with van der Waals surface area (Å²) in [4.78, 5) is 12.2. The largest absolute Gasteiger partial charge is 0.411 e. The second kappa shape index (κ2) is 8.22. The van der Waals surface area contributed by atoms with E-state index in [1.54, 1.807) is 18.2 Å². The minimum Gasteiger partial charge on any atom is -0.411 e. The van der Waals surface area contributed by atoms with Crippen LogP contribution in [0.5, 0.6) is 0 Å². The van der Waals surface area contributed by atoms with Gasteiger partial charge in [0.05, 0.1) is 16.5 Å². The summed E-state index contributed by atoms with van der Waals surface area (Å²) in [5, 5.41) is 14.2. The maximum absolute atomic E-state index is 12.2. The fourth-order valence-corrected chi connectivity index (χ4v) is 3.60. The maximum Gasteiger partial charge on any atom is 0.277 e. The van der Waals surface area contributed by atoms with Crippen LogP contribution in [0.25, 0.3) is 22.2 Å². The minimum atomic E-state index is -0.251.